The maximum absolute atomic E-state index is 11.6. The lowest BCUT2D eigenvalue weighted by molar-refractivity contribution is 0.0981. The van der Waals surface area contributed by atoms with Crippen LogP contribution in [0, 0.1) is 6.92 Å². The summed E-state index contributed by atoms with van der Waals surface area (Å²) >= 11 is 5.92. The summed E-state index contributed by atoms with van der Waals surface area (Å²) in [7, 11) is 0. The van der Waals surface area contributed by atoms with E-state index in [1.165, 1.54) is 0 Å². The van der Waals surface area contributed by atoms with E-state index in [1.807, 2.05) is 13.0 Å². The number of ketones is 1. The zero-order valence-electron chi connectivity index (χ0n) is 8.22. The second-order valence-corrected chi connectivity index (χ2v) is 3.69. The molecule has 0 radical (unpaired) electrons. The van der Waals surface area contributed by atoms with Crippen molar-refractivity contribution in [2.24, 2.45) is 5.73 Å². The van der Waals surface area contributed by atoms with Gasteiger partial charge < -0.3 is 5.73 Å². The quantitative estimate of drug-likeness (QED) is 0.778. The van der Waals surface area contributed by atoms with Crippen LogP contribution in [-0.2, 0) is 0 Å². The minimum Gasteiger partial charge on any atom is -0.330 e. The maximum atomic E-state index is 11.6. The fourth-order valence-electron chi connectivity index (χ4n) is 1.17. The molecule has 1 aromatic rings. The number of benzene rings is 1. The Morgan fingerprint density at radius 1 is 1.50 bits per heavy atom. The Balaban J connectivity index is 2.76. The topological polar surface area (TPSA) is 43.1 Å². The minimum absolute atomic E-state index is 0.109. The van der Waals surface area contributed by atoms with Crippen molar-refractivity contribution >= 4 is 17.4 Å². The van der Waals surface area contributed by atoms with E-state index in [2.05, 4.69) is 0 Å². The fraction of sp³-hybridized carbons (Fsp3) is 0.364. The molecule has 0 bridgehead atoms. The van der Waals surface area contributed by atoms with Crippen LogP contribution in [0.25, 0.3) is 0 Å². The van der Waals surface area contributed by atoms with Crippen molar-refractivity contribution in [3.8, 4) is 0 Å². The van der Waals surface area contributed by atoms with E-state index in [4.69, 9.17) is 17.3 Å². The van der Waals surface area contributed by atoms with E-state index >= 15 is 0 Å². The first-order chi connectivity index (χ1) is 6.65. The van der Waals surface area contributed by atoms with E-state index in [9.17, 15) is 4.79 Å². The SMILES string of the molecule is Cc1ccc(C(=O)CCCN)cc1Cl. The number of hydrogen-bond acceptors (Lipinski definition) is 2. The summed E-state index contributed by atoms with van der Waals surface area (Å²) in [6, 6.07) is 5.38. The van der Waals surface area contributed by atoms with Crippen molar-refractivity contribution in [2.45, 2.75) is 19.8 Å². The van der Waals surface area contributed by atoms with E-state index in [1.54, 1.807) is 12.1 Å². The fourth-order valence-corrected chi connectivity index (χ4v) is 1.35. The average Bonchev–Trinajstić information content (AvgIpc) is 2.18. The molecule has 0 aliphatic carbocycles. The highest BCUT2D eigenvalue weighted by Gasteiger charge is 2.06. The van der Waals surface area contributed by atoms with Gasteiger partial charge in [0, 0.05) is 17.0 Å². The standard InChI is InChI=1S/C11H14ClNO/c1-8-4-5-9(7-10(8)12)11(14)3-2-6-13/h4-5,7H,2-3,6,13H2,1H3. The molecule has 3 heteroatoms. The molecule has 0 saturated heterocycles. The van der Waals surface area contributed by atoms with Crippen LogP contribution in [-0.4, -0.2) is 12.3 Å². The lowest BCUT2D eigenvalue weighted by Gasteiger charge is -2.02. The third-order valence-electron chi connectivity index (χ3n) is 2.10. The van der Waals surface area contributed by atoms with Gasteiger partial charge in [-0.2, -0.15) is 0 Å². The van der Waals surface area contributed by atoms with Crippen LogP contribution in [0.4, 0.5) is 0 Å². The number of rotatable bonds is 4. The Morgan fingerprint density at radius 3 is 2.79 bits per heavy atom. The number of hydrogen-bond donors (Lipinski definition) is 1. The van der Waals surface area contributed by atoms with Gasteiger partial charge in [0.05, 0.1) is 0 Å². The second-order valence-electron chi connectivity index (χ2n) is 3.28. The molecule has 0 unspecified atom stereocenters. The van der Waals surface area contributed by atoms with E-state index in [-0.39, 0.29) is 5.78 Å². The van der Waals surface area contributed by atoms with Crippen molar-refractivity contribution in [3.05, 3.63) is 34.3 Å². The van der Waals surface area contributed by atoms with Gasteiger partial charge in [-0.25, -0.2) is 0 Å². The van der Waals surface area contributed by atoms with Crippen LogP contribution in [0.2, 0.25) is 5.02 Å². The van der Waals surface area contributed by atoms with Crippen LogP contribution in [0.15, 0.2) is 18.2 Å². The van der Waals surface area contributed by atoms with Crippen molar-refractivity contribution in [3.63, 3.8) is 0 Å². The highest BCUT2D eigenvalue weighted by molar-refractivity contribution is 6.31. The van der Waals surface area contributed by atoms with Crippen LogP contribution in [0.3, 0.4) is 0 Å². The molecule has 0 spiro atoms. The second kappa shape index (κ2) is 5.13. The summed E-state index contributed by atoms with van der Waals surface area (Å²) in [5.74, 6) is 0.109. The zero-order valence-corrected chi connectivity index (χ0v) is 8.97. The van der Waals surface area contributed by atoms with Gasteiger partial charge in [-0.05, 0) is 31.5 Å². The number of carbonyl (C=O) groups excluding carboxylic acids is 1. The number of carbonyl (C=O) groups is 1. The van der Waals surface area contributed by atoms with E-state index in [0.29, 0.717) is 23.6 Å². The predicted molar refractivity (Wildman–Crippen MR) is 58.8 cm³/mol. The van der Waals surface area contributed by atoms with Crippen molar-refractivity contribution in [1.82, 2.24) is 0 Å². The molecule has 0 heterocycles. The van der Waals surface area contributed by atoms with E-state index < -0.39 is 0 Å². The van der Waals surface area contributed by atoms with Gasteiger partial charge in [0.1, 0.15) is 0 Å². The Hall–Kier alpha value is -0.860. The average molecular weight is 212 g/mol. The summed E-state index contributed by atoms with van der Waals surface area (Å²) in [5.41, 5.74) is 6.99. The molecule has 1 rings (SSSR count). The normalized spacial score (nSPS) is 10.2. The Labute approximate surface area is 89.1 Å². The molecule has 1 aromatic carbocycles. The molecule has 2 nitrogen and oxygen atoms in total. The number of Topliss-reactive ketones (excluding diaryl/α,β-unsaturated/α-hetero) is 1. The van der Waals surface area contributed by atoms with Gasteiger partial charge in [-0.3, -0.25) is 4.79 Å². The van der Waals surface area contributed by atoms with Crippen LogP contribution in [0.5, 0.6) is 0 Å². The zero-order chi connectivity index (χ0) is 10.6. The summed E-state index contributed by atoms with van der Waals surface area (Å²) in [5, 5.41) is 0.642. The molecule has 2 N–H and O–H groups in total. The Morgan fingerprint density at radius 2 is 2.21 bits per heavy atom. The van der Waals surface area contributed by atoms with Crippen LogP contribution >= 0.6 is 11.6 Å². The third-order valence-corrected chi connectivity index (χ3v) is 2.51. The molecule has 0 saturated carbocycles. The van der Waals surface area contributed by atoms with Crippen molar-refractivity contribution < 1.29 is 4.79 Å². The maximum Gasteiger partial charge on any atom is 0.162 e. The monoisotopic (exact) mass is 211 g/mol. The first kappa shape index (κ1) is 11.2. The molecule has 0 atom stereocenters. The summed E-state index contributed by atoms with van der Waals surface area (Å²) < 4.78 is 0. The molecule has 0 fully saturated rings. The molecule has 0 aromatic heterocycles. The van der Waals surface area contributed by atoms with Gasteiger partial charge in [0.25, 0.3) is 0 Å². The van der Waals surface area contributed by atoms with Gasteiger partial charge in [0.2, 0.25) is 0 Å². The van der Waals surface area contributed by atoms with Crippen molar-refractivity contribution in [2.75, 3.05) is 6.54 Å². The first-order valence-electron chi connectivity index (χ1n) is 4.64. The largest absolute Gasteiger partial charge is 0.330 e. The smallest absolute Gasteiger partial charge is 0.162 e. The molecule has 14 heavy (non-hydrogen) atoms. The summed E-state index contributed by atoms with van der Waals surface area (Å²) in [6.07, 6.45) is 1.22. The van der Waals surface area contributed by atoms with Gasteiger partial charge in [-0.1, -0.05) is 23.7 Å². The molecule has 0 amide bonds. The third kappa shape index (κ3) is 2.82. The molecule has 0 aliphatic heterocycles. The molecular weight excluding hydrogens is 198 g/mol. The summed E-state index contributed by atoms with van der Waals surface area (Å²) in [6.45, 7) is 2.46. The van der Waals surface area contributed by atoms with Gasteiger partial charge in [-0.15, -0.1) is 0 Å². The van der Waals surface area contributed by atoms with E-state index in [0.717, 1.165) is 12.0 Å². The highest BCUT2D eigenvalue weighted by Crippen LogP contribution is 2.17. The van der Waals surface area contributed by atoms with Crippen molar-refractivity contribution in [1.29, 1.82) is 0 Å². The highest BCUT2D eigenvalue weighted by atomic mass is 35.5. The molecule has 0 aliphatic rings. The lowest BCUT2D eigenvalue weighted by Crippen LogP contribution is -2.04. The number of halogens is 1. The van der Waals surface area contributed by atoms with Gasteiger partial charge >= 0.3 is 0 Å². The van der Waals surface area contributed by atoms with Crippen LogP contribution in [0.1, 0.15) is 28.8 Å². The Kier molecular flexibility index (Phi) is 4.11. The molecular formula is C11H14ClNO. The van der Waals surface area contributed by atoms with Gasteiger partial charge in [0.15, 0.2) is 5.78 Å². The number of aryl methyl sites for hydroxylation is 1. The van der Waals surface area contributed by atoms with Crippen LogP contribution < -0.4 is 5.73 Å². The lowest BCUT2D eigenvalue weighted by atomic mass is 10.1. The minimum atomic E-state index is 0.109. The predicted octanol–water partition coefficient (Wildman–Crippen LogP) is 2.57. The Bertz CT molecular complexity index is 336. The summed E-state index contributed by atoms with van der Waals surface area (Å²) in [4.78, 5) is 11.6. The first-order valence-corrected chi connectivity index (χ1v) is 5.02. The molecule has 76 valence electrons. The number of nitrogens with two attached hydrogens (primary N) is 1.